The third kappa shape index (κ3) is 2.95. The number of amides is 1. The molecule has 0 radical (unpaired) electrons. The lowest BCUT2D eigenvalue weighted by Gasteiger charge is -2.11. The lowest BCUT2D eigenvalue weighted by Crippen LogP contribution is -2.32. The summed E-state index contributed by atoms with van der Waals surface area (Å²) in [4.78, 5) is 12.0. The van der Waals surface area contributed by atoms with Crippen LogP contribution in [0.25, 0.3) is 5.69 Å². The molecule has 1 aromatic heterocycles. The highest BCUT2D eigenvalue weighted by Gasteiger charge is 2.42. The van der Waals surface area contributed by atoms with E-state index in [1.807, 2.05) is 0 Å². The van der Waals surface area contributed by atoms with Crippen LogP contribution in [0, 0.1) is 11.2 Å². The fraction of sp³-hybridized carbons (Fsp3) is 0.333. The summed E-state index contributed by atoms with van der Waals surface area (Å²) in [5.74, 6) is -0.641. The number of carbonyl (C=O) groups excluding carboxylic acids is 1. The summed E-state index contributed by atoms with van der Waals surface area (Å²) in [6.07, 6.45) is 3.48. The van der Waals surface area contributed by atoms with Gasteiger partial charge in [-0.2, -0.15) is 5.10 Å². The third-order valence-electron chi connectivity index (χ3n) is 3.81. The molecule has 110 valence electrons. The molecular formula is C15H16FN3O2. The summed E-state index contributed by atoms with van der Waals surface area (Å²) in [7, 11) is 0. The van der Waals surface area contributed by atoms with Crippen molar-refractivity contribution in [3.63, 3.8) is 0 Å². The zero-order valence-electron chi connectivity index (χ0n) is 11.4. The average molecular weight is 289 g/mol. The summed E-state index contributed by atoms with van der Waals surface area (Å²) in [5.41, 5.74) is 0.692. The van der Waals surface area contributed by atoms with E-state index in [9.17, 15) is 14.3 Å². The molecular weight excluding hydrogens is 273 g/mol. The monoisotopic (exact) mass is 289 g/mol. The molecule has 2 aromatic rings. The van der Waals surface area contributed by atoms with Crippen molar-refractivity contribution in [3.8, 4) is 5.69 Å². The van der Waals surface area contributed by atoms with E-state index in [1.165, 1.54) is 16.8 Å². The molecule has 0 saturated heterocycles. The molecule has 21 heavy (non-hydrogen) atoms. The topological polar surface area (TPSA) is 67.2 Å². The van der Waals surface area contributed by atoms with Crippen LogP contribution >= 0.6 is 0 Å². The molecule has 1 saturated carbocycles. The Morgan fingerprint density at radius 3 is 2.90 bits per heavy atom. The van der Waals surface area contributed by atoms with Crippen LogP contribution in [0.2, 0.25) is 0 Å². The molecule has 1 aliphatic rings. The van der Waals surface area contributed by atoms with Gasteiger partial charge < -0.3 is 10.4 Å². The maximum absolute atomic E-state index is 13.2. The summed E-state index contributed by atoms with van der Waals surface area (Å²) in [5, 5.41) is 16.1. The van der Waals surface area contributed by atoms with E-state index in [0.717, 1.165) is 12.8 Å². The molecule has 0 unspecified atom stereocenters. The van der Waals surface area contributed by atoms with Crippen molar-refractivity contribution in [1.82, 2.24) is 15.1 Å². The van der Waals surface area contributed by atoms with Gasteiger partial charge in [-0.3, -0.25) is 4.79 Å². The van der Waals surface area contributed by atoms with E-state index >= 15 is 0 Å². The fourth-order valence-electron chi connectivity index (χ4n) is 2.13. The van der Waals surface area contributed by atoms with E-state index in [4.69, 9.17) is 0 Å². The minimum absolute atomic E-state index is 0.0883. The fourth-order valence-corrected chi connectivity index (χ4v) is 2.13. The Morgan fingerprint density at radius 1 is 1.43 bits per heavy atom. The number of aliphatic hydroxyl groups excluding tert-OH is 1. The third-order valence-corrected chi connectivity index (χ3v) is 3.81. The Bertz CT molecular complexity index is 664. The second-order valence-corrected chi connectivity index (χ2v) is 5.47. The maximum atomic E-state index is 13.2. The molecule has 0 aliphatic heterocycles. The van der Waals surface area contributed by atoms with Gasteiger partial charge in [-0.1, -0.05) is 6.07 Å². The highest BCUT2D eigenvalue weighted by Crippen LogP contribution is 2.44. The number of hydrogen-bond donors (Lipinski definition) is 2. The number of halogens is 1. The van der Waals surface area contributed by atoms with Gasteiger partial charge in [-0.15, -0.1) is 0 Å². The van der Waals surface area contributed by atoms with Crippen molar-refractivity contribution >= 4 is 5.91 Å². The Labute approximate surface area is 121 Å². The standard InChI is InChI=1S/C15H16FN3O2/c16-11-2-1-3-12(8-11)19-7-4-13(18-19)14(21)17-9-15(10-20)5-6-15/h1-4,7-8,20H,5-6,9-10H2,(H,17,21). The number of rotatable bonds is 5. The molecule has 1 amide bonds. The number of nitrogens with one attached hydrogen (secondary N) is 1. The van der Waals surface area contributed by atoms with Gasteiger partial charge >= 0.3 is 0 Å². The highest BCUT2D eigenvalue weighted by atomic mass is 19.1. The van der Waals surface area contributed by atoms with Gasteiger partial charge in [0.05, 0.1) is 12.3 Å². The number of aliphatic hydroxyl groups is 1. The lowest BCUT2D eigenvalue weighted by molar-refractivity contribution is 0.0930. The molecule has 0 spiro atoms. The van der Waals surface area contributed by atoms with Crippen LogP contribution < -0.4 is 5.32 Å². The quantitative estimate of drug-likeness (QED) is 0.877. The zero-order chi connectivity index (χ0) is 14.9. The molecule has 6 heteroatoms. The van der Waals surface area contributed by atoms with E-state index in [2.05, 4.69) is 10.4 Å². The van der Waals surface area contributed by atoms with Crippen LogP contribution in [-0.2, 0) is 0 Å². The smallest absolute Gasteiger partial charge is 0.271 e. The van der Waals surface area contributed by atoms with Crippen LogP contribution in [0.5, 0.6) is 0 Å². The number of benzene rings is 1. The SMILES string of the molecule is O=C(NCC1(CO)CC1)c1ccn(-c2cccc(F)c2)n1. The van der Waals surface area contributed by atoms with Crippen molar-refractivity contribution in [2.24, 2.45) is 5.41 Å². The second kappa shape index (κ2) is 5.29. The predicted molar refractivity (Wildman–Crippen MR) is 74.6 cm³/mol. The Hall–Kier alpha value is -2.21. The summed E-state index contributed by atoms with van der Waals surface area (Å²) < 4.78 is 14.6. The summed E-state index contributed by atoms with van der Waals surface area (Å²) >= 11 is 0. The van der Waals surface area contributed by atoms with Crippen LogP contribution in [0.3, 0.4) is 0 Å². The van der Waals surface area contributed by atoms with Gasteiger partial charge in [-0.25, -0.2) is 9.07 Å². The van der Waals surface area contributed by atoms with Crippen molar-refractivity contribution in [2.45, 2.75) is 12.8 Å². The van der Waals surface area contributed by atoms with Crippen LogP contribution in [0.15, 0.2) is 36.5 Å². The van der Waals surface area contributed by atoms with Gasteiger partial charge in [0.25, 0.3) is 5.91 Å². The molecule has 2 N–H and O–H groups in total. The van der Waals surface area contributed by atoms with Crippen LogP contribution in [-0.4, -0.2) is 33.9 Å². The first kappa shape index (κ1) is 13.8. The van der Waals surface area contributed by atoms with Crippen molar-refractivity contribution in [2.75, 3.05) is 13.2 Å². The molecule has 0 bridgehead atoms. The Balaban J connectivity index is 1.68. The Morgan fingerprint density at radius 2 is 2.24 bits per heavy atom. The van der Waals surface area contributed by atoms with Crippen LogP contribution in [0.4, 0.5) is 4.39 Å². The van der Waals surface area contributed by atoms with E-state index in [-0.39, 0.29) is 29.4 Å². The predicted octanol–water partition coefficient (Wildman–Crippen LogP) is 1.51. The number of nitrogens with zero attached hydrogens (tertiary/aromatic N) is 2. The normalized spacial score (nSPS) is 15.7. The molecule has 0 atom stereocenters. The molecule has 1 aliphatic carbocycles. The minimum atomic E-state index is -0.354. The lowest BCUT2D eigenvalue weighted by atomic mass is 10.1. The number of hydrogen-bond acceptors (Lipinski definition) is 3. The van der Waals surface area contributed by atoms with E-state index in [0.29, 0.717) is 12.2 Å². The van der Waals surface area contributed by atoms with Crippen LogP contribution in [0.1, 0.15) is 23.3 Å². The minimum Gasteiger partial charge on any atom is -0.396 e. The number of aromatic nitrogens is 2. The molecule has 1 fully saturated rings. The number of carbonyl (C=O) groups is 1. The van der Waals surface area contributed by atoms with Gasteiger partial charge in [-0.05, 0) is 37.1 Å². The van der Waals surface area contributed by atoms with Crippen molar-refractivity contribution in [1.29, 1.82) is 0 Å². The van der Waals surface area contributed by atoms with Gasteiger partial charge in [0.1, 0.15) is 5.82 Å². The van der Waals surface area contributed by atoms with E-state index < -0.39 is 0 Å². The van der Waals surface area contributed by atoms with Gasteiger partial charge in [0.15, 0.2) is 5.69 Å². The van der Waals surface area contributed by atoms with Gasteiger partial charge in [0.2, 0.25) is 0 Å². The van der Waals surface area contributed by atoms with E-state index in [1.54, 1.807) is 24.4 Å². The second-order valence-electron chi connectivity index (χ2n) is 5.47. The molecule has 5 nitrogen and oxygen atoms in total. The van der Waals surface area contributed by atoms with Crippen molar-refractivity contribution in [3.05, 3.63) is 48.0 Å². The first-order valence-electron chi connectivity index (χ1n) is 6.83. The Kier molecular flexibility index (Phi) is 3.47. The molecule has 3 rings (SSSR count). The van der Waals surface area contributed by atoms with Gasteiger partial charge in [0, 0.05) is 18.2 Å². The largest absolute Gasteiger partial charge is 0.396 e. The average Bonchev–Trinajstić information content (AvgIpc) is 3.11. The summed E-state index contributed by atoms with van der Waals surface area (Å²) in [6, 6.07) is 7.58. The highest BCUT2D eigenvalue weighted by molar-refractivity contribution is 5.92. The van der Waals surface area contributed by atoms with Crippen molar-refractivity contribution < 1.29 is 14.3 Å². The molecule has 1 heterocycles. The first-order chi connectivity index (χ1) is 10.1. The zero-order valence-corrected chi connectivity index (χ0v) is 11.4. The maximum Gasteiger partial charge on any atom is 0.271 e. The molecule has 1 aromatic carbocycles. The summed E-state index contributed by atoms with van der Waals surface area (Å²) in [6.45, 7) is 0.542. The first-order valence-corrected chi connectivity index (χ1v) is 6.83.